The fourth-order valence-electron chi connectivity index (χ4n) is 2.54. The summed E-state index contributed by atoms with van der Waals surface area (Å²) >= 11 is 0.675. The van der Waals surface area contributed by atoms with Gasteiger partial charge in [0, 0.05) is 17.3 Å². The molecule has 0 spiro atoms. The van der Waals surface area contributed by atoms with Crippen LogP contribution in [0.3, 0.4) is 0 Å². The Morgan fingerprint density at radius 3 is 2.40 bits per heavy atom. The number of aromatic nitrogens is 1. The maximum absolute atomic E-state index is 12.5. The van der Waals surface area contributed by atoms with Crippen LogP contribution in [0.15, 0.2) is 12.1 Å². The van der Waals surface area contributed by atoms with Crippen molar-refractivity contribution in [2.75, 3.05) is 0 Å². The van der Waals surface area contributed by atoms with Crippen molar-refractivity contribution in [3.05, 3.63) is 49.6 Å². The topological polar surface area (TPSA) is 119 Å². The lowest BCUT2D eigenvalue weighted by Crippen LogP contribution is -2.25. The molecule has 8 nitrogen and oxygen atoms in total. The molecule has 25 heavy (non-hydrogen) atoms. The highest BCUT2D eigenvalue weighted by atomic mass is 32.1. The Hall–Kier alpha value is -2.81. The minimum absolute atomic E-state index is 0.0372. The molecule has 2 rings (SSSR count). The molecular formula is C16H16N2O6S. The fourth-order valence-corrected chi connectivity index (χ4v) is 3.24. The monoisotopic (exact) mass is 364 g/mol. The molecule has 0 saturated carbocycles. The van der Waals surface area contributed by atoms with Crippen molar-refractivity contribution in [3.8, 4) is 0 Å². The van der Waals surface area contributed by atoms with E-state index in [0.717, 1.165) is 0 Å². The van der Waals surface area contributed by atoms with Crippen LogP contribution in [0.2, 0.25) is 0 Å². The Kier molecular flexibility index (Phi) is 5.17. The largest absolute Gasteiger partial charge is 0.450 e. The number of nitrogens with zero attached hydrogens (tertiary/aromatic N) is 1. The SMILES string of the molecule is CC(=O)c1c(C)[nH]c(C(=O)[C@H](C)OC(=O)c2ccc([N+](=O)[O-])s2)c1C. The van der Waals surface area contributed by atoms with Crippen molar-refractivity contribution in [2.24, 2.45) is 0 Å². The lowest BCUT2D eigenvalue weighted by molar-refractivity contribution is -0.380. The van der Waals surface area contributed by atoms with Crippen molar-refractivity contribution in [2.45, 2.75) is 33.8 Å². The molecule has 0 bridgehead atoms. The van der Waals surface area contributed by atoms with E-state index in [4.69, 9.17) is 4.74 Å². The van der Waals surface area contributed by atoms with Crippen molar-refractivity contribution in [3.63, 3.8) is 0 Å². The van der Waals surface area contributed by atoms with E-state index in [1.54, 1.807) is 13.8 Å². The molecular weight excluding hydrogens is 348 g/mol. The summed E-state index contributed by atoms with van der Waals surface area (Å²) in [6.07, 6.45) is -1.11. The number of aromatic amines is 1. The van der Waals surface area contributed by atoms with Gasteiger partial charge in [0.25, 0.3) is 0 Å². The number of rotatable bonds is 6. The van der Waals surface area contributed by atoms with E-state index >= 15 is 0 Å². The number of nitro groups is 1. The number of H-pyrrole nitrogens is 1. The summed E-state index contributed by atoms with van der Waals surface area (Å²) in [5.74, 6) is -1.46. The van der Waals surface area contributed by atoms with E-state index in [0.29, 0.717) is 28.2 Å². The van der Waals surface area contributed by atoms with Crippen molar-refractivity contribution >= 4 is 33.9 Å². The highest BCUT2D eigenvalue weighted by molar-refractivity contribution is 7.17. The van der Waals surface area contributed by atoms with Gasteiger partial charge in [-0.25, -0.2) is 4.79 Å². The average Bonchev–Trinajstić information content (AvgIpc) is 3.11. The number of hydrogen-bond donors (Lipinski definition) is 1. The molecule has 132 valence electrons. The molecule has 2 aromatic rings. The quantitative estimate of drug-likeness (QED) is 0.364. The van der Waals surface area contributed by atoms with E-state index in [2.05, 4.69) is 4.98 Å². The number of hydrogen-bond acceptors (Lipinski definition) is 7. The third-order valence-corrected chi connectivity index (χ3v) is 4.68. The number of nitrogens with one attached hydrogen (secondary N) is 1. The van der Waals surface area contributed by atoms with E-state index in [9.17, 15) is 24.5 Å². The molecule has 0 aromatic carbocycles. The van der Waals surface area contributed by atoms with Crippen LogP contribution in [0, 0.1) is 24.0 Å². The summed E-state index contributed by atoms with van der Waals surface area (Å²) in [4.78, 5) is 49.1. The number of thiophene rings is 1. The second-order valence-corrected chi connectivity index (χ2v) is 6.55. The van der Waals surface area contributed by atoms with Crippen LogP contribution in [-0.4, -0.2) is 33.5 Å². The minimum Gasteiger partial charge on any atom is -0.450 e. The first kappa shape index (κ1) is 18.5. The lowest BCUT2D eigenvalue weighted by Gasteiger charge is -2.11. The van der Waals surface area contributed by atoms with Gasteiger partial charge in [0.1, 0.15) is 4.88 Å². The first-order chi connectivity index (χ1) is 11.6. The van der Waals surface area contributed by atoms with Gasteiger partial charge in [0.15, 0.2) is 11.9 Å². The first-order valence-electron chi connectivity index (χ1n) is 7.33. The van der Waals surface area contributed by atoms with Gasteiger partial charge in [-0.1, -0.05) is 11.3 Å². The van der Waals surface area contributed by atoms with Gasteiger partial charge in [-0.05, 0) is 39.3 Å². The normalized spacial score (nSPS) is 11.8. The standard InChI is InChI=1S/C16H16N2O6S/c1-7-13(9(3)19)8(2)17-14(7)15(20)10(4)24-16(21)11-5-6-12(25-11)18(22)23/h5-6,10,17H,1-4H3/t10-/m0/s1. The van der Waals surface area contributed by atoms with Crippen LogP contribution < -0.4 is 0 Å². The van der Waals surface area contributed by atoms with Crippen LogP contribution in [-0.2, 0) is 4.74 Å². The summed E-state index contributed by atoms with van der Waals surface area (Å²) in [6.45, 7) is 6.14. The van der Waals surface area contributed by atoms with E-state index in [1.165, 1.54) is 26.0 Å². The molecule has 1 N–H and O–H groups in total. The van der Waals surface area contributed by atoms with Crippen molar-refractivity contribution in [1.29, 1.82) is 0 Å². The third-order valence-electron chi connectivity index (χ3n) is 3.66. The highest BCUT2D eigenvalue weighted by Crippen LogP contribution is 2.25. The zero-order valence-corrected chi connectivity index (χ0v) is 14.9. The van der Waals surface area contributed by atoms with E-state index < -0.39 is 22.8 Å². The fraction of sp³-hybridized carbons (Fsp3) is 0.312. The predicted octanol–water partition coefficient (Wildman–Crippen LogP) is 3.23. The molecule has 1 atom stereocenters. The second-order valence-electron chi connectivity index (χ2n) is 5.49. The molecule has 0 fully saturated rings. The number of Topliss-reactive ketones (excluding diaryl/α,β-unsaturated/α-hetero) is 2. The molecule has 9 heteroatoms. The Morgan fingerprint density at radius 2 is 1.92 bits per heavy atom. The highest BCUT2D eigenvalue weighted by Gasteiger charge is 2.27. The minimum atomic E-state index is -1.11. The van der Waals surface area contributed by atoms with E-state index in [-0.39, 0.29) is 21.4 Å². The second kappa shape index (κ2) is 6.98. The Morgan fingerprint density at radius 1 is 1.28 bits per heavy atom. The lowest BCUT2D eigenvalue weighted by atomic mass is 10.0. The summed E-state index contributed by atoms with van der Waals surface area (Å²) in [5.41, 5.74) is 1.72. The van der Waals surface area contributed by atoms with E-state index in [1.807, 2.05) is 0 Å². The smallest absolute Gasteiger partial charge is 0.349 e. The molecule has 0 aliphatic heterocycles. The molecule has 0 saturated heterocycles. The number of carbonyl (C=O) groups is 3. The van der Waals surface area contributed by atoms with Crippen LogP contribution in [0.25, 0.3) is 0 Å². The van der Waals surface area contributed by atoms with Gasteiger partial charge < -0.3 is 9.72 Å². The van der Waals surface area contributed by atoms with Gasteiger partial charge in [0.2, 0.25) is 5.78 Å². The molecule has 0 amide bonds. The first-order valence-corrected chi connectivity index (χ1v) is 8.14. The summed E-state index contributed by atoms with van der Waals surface area (Å²) in [7, 11) is 0. The Bertz CT molecular complexity index is 879. The van der Waals surface area contributed by atoms with Crippen molar-refractivity contribution in [1.82, 2.24) is 4.98 Å². The molecule has 0 unspecified atom stereocenters. The molecule has 2 aromatic heterocycles. The average molecular weight is 364 g/mol. The number of esters is 1. The summed E-state index contributed by atoms with van der Waals surface area (Å²) in [5, 5.41) is 10.5. The summed E-state index contributed by atoms with van der Waals surface area (Å²) < 4.78 is 5.10. The number of ketones is 2. The summed E-state index contributed by atoms with van der Waals surface area (Å²) in [6, 6.07) is 2.48. The zero-order chi connectivity index (χ0) is 18.9. The number of carbonyl (C=O) groups excluding carboxylic acids is 3. The van der Waals surface area contributed by atoms with Gasteiger partial charge in [-0.2, -0.15) is 0 Å². The van der Waals surface area contributed by atoms with Crippen LogP contribution in [0.5, 0.6) is 0 Å². The maximum Gasteiger partial charge on any atom is 0.349 e. The van der Waals surface area contributed by atoms with Crippen LogP contribution in [0.1, 0.15) is 55.6 Å². The van der Waals surface area contributed by atoms with Crippen LogP contribution >= 0.6 is 11.3 Å². The molecule has 2 heterocycles. The van der Waals surface area contributed by atoms with Crippen LogP contribution in [0.4, 0.5) is 5.00 Å². The Balaban J connectivity index is 2.17. The predicted molar refractivity (Wildman–Crippen MR) is 90.5 cm³/mol. The third kappa shape index (κ3) is 3.66. The number of ether oxygens (including phenoxy) is 1. The zero-order valence-electron chi connectivity index (χ0n) is 14.0. The van der Waals surface area contributed by atoms with Gasteiger partial charge in [-0.15, -0.1) is 0 Å². The molecule has 0 aliphatic carbocycles. The molecule has 0 aliphatic rings. The van der Waals surface area contributed by atoms with Crippen molar-refractivity contribution < 1.29 is 24.0 Å². The number of aryl methyl sites for hydroxylation is 1. The van der Waals surface area contributed by atoms with Gasteiger partial charge in [0.05, 0.1) is 10.6 Å². The maximum atomic E-state index is 12.5. The molecule has 0 radical (unpaired) electrons. The Labute approximate surface area is 147 Å². The van der Waals surface area contributed by atoms with Gasteiger partial charge >= 0.3 is 11.0 Å². The van der Waals surface area contributed by atoms with Gasteiger partial charge in [-0.3, -0.25) is 19.7 Å².